The summed E-state index contributed by atoms with van der Waals surface area (Å²) in [6.45, 7) is 1.96. The minimum Gasteiger partial charge on any atom is -0.385 e. The van der Waals surface area contributed by atoms with Crippen LogP contribution in [0.25, 0.3) is 10.9 Å². The van der Waals surface area contributed by atoms with Crippen molar-refractivity contribution in [2.45, 2.75) is 31.4 Å². The Balaban J connectivity index is 1.88. The van der Waals surface area contributed by atoms with Gasteiger partial charge in [0.15, 0.2) is 0 Å². The first-order valence-electron chi connectivity index (χ1n) is 6.62. The van der Waals surface area contributed by atoms with Gasteiger partial charge in [0.2, 0.25) is 0 Å². The molecule has 2 fully saturated rings. The molecule has 100 valence electrons. The van der Waals surface area contributed by atoms with Crippen molar-refractivity contribution in [3.8, 4) is 0 Å². The number of nitrogens with one attached hydrogen (secondary N) is 1. The van der Waals surface area contributed by atoms with E-state index >= 15 is 0 Å². The van der Waals surface area contributed by atoms with Gasteiger partial charge in [0.1, 0.15) is 0 Å². The number of aromatic amines is 1. The summed E-state index contributed by atoms with van der Waals surface area (Å²) in [5, 5.41) is 19.7. The number of rotatable bonds is 1. The number of aliphatic hydroxyl groups is 1. The molecule has 2 aliphatic carbocycles. The first kappa shape index (κ1) is 11.7. The molecule has 0 radical (unpaired) electrons. The normalized spacial score (nSPS) is 36.7. The summed E-state index contributed by atoms with van der Waals surface area (Å²) in [6, 6.07) is 2.17. The van der Waals surface area contributed by atoms with Gasteiger partial charge in [0.25, 0.3) is 0 Å². The molecule has 0 saturated heterocycles. The van der Waals surface area contributed by atoms with Gasteiger partial charge in [-0.2, -0.15) is 5.10 Å². The van der Waals surface area contributed by atoms with E-state index < -0.39 is 5.60 Å². The molecule has 1 aromatic heterocycles. The van der Waals surface area contributed by atoms with Gasteiger partial charge in [-0.1, -0.05) is 11.6 Å². The number of H-pyrrole nitrogens is 1. The topological polar surface area (TPSA) is 74.9 Å². The summed E-state index contributed by atoms with van der Waals surface area (Å²) >= 11 is 6.28. The van der Waals surface area contributed by atoms with Crippen LogP contribution in [0.5, 0.6) is 0 Å². The number of benzene rings is 1. The second kappa shape index (κ2) is 3.51. The van der Waals surface area contributed by atoms with E-state index in [0.717, 1.165) is 34.9 Å². The molecule has 0 spiro atoms. The highest BCUT2D eigenvalue weighted by Gasteiger charge is 2.60. The van der Waals surface area contributed by atoms with Crippen LogP contribution in [0.4, 0.5) is 0 Å². The highest BCUT2D eigenvalue weighted by atomic mass is 35.5. The van der Waals surface area contributed by atoms with Crippen LogP contribution in [0.1, 0.15) is 24.0 Å². The fraction of sp³-hybridized carbons (Fsp3) is 0.500. The Bertz CT molecular complexity index is 669. The van der Waals surface area contributed by atoms with Gasteiger partial charge in [-0.3, -0.25) is 5.10 Å². The van der Waals surface area contributed by atoms with Crippen molar-refractivity contribution in [1.29, 1.82) is 0 Å². The molecule has 0 amide bonds. The van der Waals surface area contributed by atoms with E-state index in [0.29, 0.717) is 16.9 Å². The van der Waals surface area contributed by atoms with Gasteiger partial charge in [0.05, 0.1) is 17.3 Å². The van der Waals surface area contributed by atoms with Crippen LogP contribution in [0, 0.1) is 18.8 Å². The van der Waals surface area contributed by atoms with E-state index in [-0.39, 0.29) is 6.04 Å². The van der Waals surface area contributed by atoms with Crippen molar-refractivity contribution in [2.24, 2.45) is 17.6 Å². The Morgan fingerprint density at radius 2 is 2.16 bits per heavy atom. The summed E-state index contributed by atoms with van der Waals surface area (Å²) in [7, 11) is 0. The highest BCUT2D eigenvalue weighted by molar-refractivity contribution is 6.32. The Kier molecular flexibility index (Phi) is 2.16. The number of aromatic nitrogens is 2. The summed E-state index contributed by atoms with van der Waals surface area (Å²) in [5.74, 6) is 0.930. The van der Waals surface area contributed by atoms with Crippen molar-refractivity contribution >= 4 is 22.5 Å². The van der Waals surface area contributed by atoms with E-state index in [2.05, 4.69) is 10.2 Å². The Morgan fingerprint density at radius 1 is 1.47 bits per heavy atom. The predicted octanol–water partition coefficient (Wildman–Crippen LogP) is 2.08. The molecule has 1 heterocycles. The fourth-order valence-corrected chi connectivity index (χ4v) is 3.93. The molecular weight excluding hydrogens is 262 g/mol. The Hall–Kier alpha value is -1.10. The number of hydrogen-bond donors (Lipinski definition) is 3. The first-order valence-corrected chi connectivity index (χ1v) is 7.00. The Morgan fingerprint density at radius 3 is 2.84 bits per heavy atom. The number of halogens is 1. The molecule has 0 aliphatic heterocycles. The molecule has 0 bridgehead atoms. The lowest BCUT2D eigenvalue weighted by Crippen LogP contribution is -2.27. The van der Waals surface area contributed by atoms with Gasteiger partial charge in [-0.15, -0.1) is 0 Å². The van der Waals surface area contributed by atoms with Gasteiger partial charge in [0, 0.05) is 16.5 Å². The number of nitrogens with zero attached hydrogens (tertiary/aromatic N) is 1. The van der Waals surface area contributed by atoms with Crippen molar-refractivity contribution in [3.05, 3.63) is 28.4 Å². The molecule has 19 heavy (non-hydrogen) atoms. The maximum atomic E-state index is 11.0. The summed E-state index contributed by atoms with van der Waals surface area (Å²) in [6.07, 6.45) is 3.24. The second-order valence-corrected chi connectivity index (χ2v) is 6.44. The molecule has 4 atom stereocenters. The first-order chi connectivity index (χ1) is 9.01. The van der Waals surface area contributed by atoms with E-state index in [4.69, 9.17) is 17.3 Å². The quantitative estimate of drug-likeness (QED) is 0.747. The zero-order chi connectivity index (χ0) is 13.4. The highest BCUT2D eigenvalue weighted by Crippen LogP contribution is 2.59. The third-order valence-corrected chi connectivity index (χ3v) is 5.37. The minimum atomic E-state index is -0.801. The third-order valence-electron chi connectivity index (χ3n) is 4.98. The molecule has 2 saturated carbocycles. The van der Waals surface area contributed by atoms with Crippen molar-refractivity contribution in [2.75, 3.05) is 0 Å². The van der Waals surface area contributed by atoms with Crippen molar-refractivity contribution in [3.63, 3.8) is 0 Å². The standard InChI is InChI=1S/C14H16ClN3O/c1-6-11(15)2-10(9-5-17-18-13(6)9)14(19)3-7-8(4-14)12(7)16/h2,5,7-8,12,19H,3-4,16H2,1H3,(H,17,18)/t7-,8+,12?,14?. The number of fused-ring (bicyclic) bond motifs is 2. The number of nitrogens with two attached hydrogens (primary N) is 1. The van der Waals surface area contributed by atoms with Gasteiger partial charge < -0.3 is 10.8 Å². The maximum Gasteiger partial charge on any atom is 0.0910 e. The largest absolute Gasteiger partial charge is 0.385 e. The molecule has 5 heteroatoms. The van der Waals surface area contributed by atoms with Crippen LogP contribution in [0.15, 0.2) is 12.3 Å². The smallest absolute Gasteiger partial charge is 0.0910 e. The number of hydrogen-bond acceptors (Lipinski definition) is 3. The average molecular weight is 278 g/mol. The number of aryl methyl sites for hydroxylation is 1. The summed E-state index contributed by atoms with van der Waals surface area (Å²) in [5.41, 5.74) is 7.95. The summed E-state index contributed by atoms with van der Waals surface area (Å²) < 4.78 is 0. The zero-order valence-corrected chi connectivity index (χ0v) is 11.4. The lowest BCUT2D eigenvalue weighted by molar-refractivity contribution is 0.0309. The molecule has 4 rings (SSSR count). The Labute approximate surface area is 115 Å². The molecule has 2 unspecified atom stereocenters. The third kappa shape index (κ3) is 1.45. The van der Waals surface area contributed by atoms with Crippen LogP contribution >= 0.6 is 11.6 Å². The molecule has 2 aliphatic rings. The second-order valence-electron chi connectivity index (χ2n) is 6.03. The van der Waals surface area contributed by atoms with E-state index in [1.165, 1.54) is 0 Å². The molecule has 2 aromatic rings. The zero-order valence-electron chi connectivity index (χ0n) is 10.7. The van der Waals surface area contributed by atoms with Gasteiger partial charge in [-0.25, -0.2) is 0 Å². The van der Waals surface area contributed by atoms with Crippen LogP contribution in [-0.4, -0.2) is 21.3 Å². The van der Waals surface area contributed by atoms with Crippen molar-refractivity contribution < 1.29 is 5.11 Å². The summed E-state index contributed by atoms with van der Waals surface area (Å²) in [4.78, 5) is 0. The van der Waals surface area contributed by atoms with Gasteiger partial charge >= 0.3 is 0 Å². The van der Waals surface area contributed by atoms with E-state index in [1.807, 2.05) is 13.0 Å². The van der Waals surface area contributed by atoms with Crippen LogP contribution in [-0.2, 0) is 5.60 Å². The average Bonchev–Trinajstić information content (AvgIpc) is 2.80. The van der Waals surface area contributed by atoms with Crippen LogP contribution in [0.3, 0.4) is 0 Å². The predicted molar refractivity (Wildman–Crippen MR) is 73.9 cm³/mol. The molecule has 1 aromatic carbocycles. The van der Waals surface area contributed by atoms with Crippen molar-refractivity contribution in [1.82, 2.24) is 10.2 Å². The maximum absolute atomic E-state index is 11.0. The minimum absolute atomic E-state index is 0.279. The monoisotopic (exact) mass is 277 g/mol. The lowest BCUT2D eigenvalue weighted by atomic mass is 9.86. The van der Waals surface area contributed by atoms with Crippen LogP contribution in [0.2, 0.25) is 5.02 Å². The van der Waals surface area contributed by atoms with E-state index in [9.17, 15) is 5.11 Å². The molecular formula is C14H16ClN3O. The van der Waals surface area contributed by atoms with Gasteiger partial charge in [-0.05, 0) is 48.8 Å². The fourth-order valence-electron chi connectivity index (χ4n) is 3.73. The lowest BCUT2D eigenvalue weighted by Gasteiger charge is -2.27. The van der Waals surface area contributed by atoms with E-state index in [1.54, 1.807) is 6.20 Å². The van der Waals surface area contributed by atoms with Crippen LogP contribution < -0.4 is 5.73 Å². The SMILES string of the molecule is Cc1c(Cl)cc(C2(O)C[C@@H]3C(N)[C@@H]3C2)c2cn[nH]c12. The molecule has 4 nitrogen and oxygen atoms in total. The molecule has 4 N–H and O–H groups in total.